The van der Waals surface area contributed by atoms with Gasteiger partial charge in [-0.05, 0) is 18.6 Å². The molecule has 90 valence electrons. The van der Waals surface area contributed by atoms with E-state index in [1.165, 1.54) is 6.33 Å². The Bertz CT molecular complexity index is 535. The molecular formula is C10H14N6S. The molecule has 0 saturated carbocycles. The van der Waals surface area contributed by atoms with Gasteiger partial charge in [0, 0.05) is 6.54 Å². The molecule has 7 heteroatoms. The first-order valence-electron chi connectivity index (χ1n) is 5.45. The van der Waals surface area contributed by atoms with Crippen LogP contribution in [0.15, 0.2) is 12.7 Å². The van der Waals surface area contributed by atoms with Crippen molar-refractivity contribution in [1.29, 1.82) is 0 Å². The van der Waals surface area contributed by atoms with Crippen molar-refractivity contribution < 1.29 is 0 Å². The topological polar surface area (TPSA) is 81.7 Å². The van der Waals surface area contributed by atoms with E-state index in [-0.39, 0.29) is 0 Å². The van der Waals surface area contributed by atoms with Crippen LogP contribution in [0.3, 0.4) is 0 Å². The Labute approximate surface area is 104 Å². The Morgan fingerprint density at radius 3 is 3.06 bits per heavy atom. The molecule has 0 amide bonds. The van der Waals surface area contributed by atoms with E-state index >= 15 is 0 Å². The van der Waals surface area contributed by atoms with Crippen LogP contribution >= 0.6 is 12.2 Å². The van der Waals surface area contributed by atoms with E-state index in [0.717, 1.165) is 19.4 Å². The number of hydrogen-bond donors (Lipinski definition) is 2. The minimum Gasteiger partial charge on any atom is -0.382 e. The van der Waals surface area contributed by atoms with E-state index < -0.39 is 0 Å². The molecule has 0 unspecified atom stereocenters. The van der Waals surface area contributed by atoms with E-state index in [4.69, 9.17) is 18.0 Å². The molecule has 3 N–H and O–H groups in total. The summed E-state index contributed by atoms with van der Waals surface area (Å²) in [5, 5.41) is 3.73. The molecule has 2 heterocycles. The second-order valence-electron chi connectivity index (χ2n) is 3.63. The van der Waals surface area contributed by atoms with E-state index in [1.54, 1.807) is 10.9 Å². The second kappa shape index (κ2) is 5.05. The molecule has 0 bridgehead atoms. The number of rotatable bonds is 3. The Kier molecular flexibility index (Phi) is 3.48. The lowest BCUT2D eigenvalue weighted by atomic mass is 10.3. The zero-order chi connectivity index (χ0) is 12.3. The zero-order valence-electron chi connectivity index (χ0n) is 9.55. The third-order valence-corrected chi connectivity index (χ3v) is 2.73. The van der Waals surface area contributed by atoms with Crippen LogP contribution in [0.1, 0.15) is 19.8 Å². The number of nitrogens with one attached hydrogen (secondary N) is 1. The quantitative estimate of drug-likeness (QED) is 0.623. The SMILES string of the molecule is CCCCNC(=S)n1cnc2c(N)ncnc21. The number of aromatic nitrogens is 4. The van der Waals surface area contributed by atoms with Crippen molar-refractivity contribution in [3.8, 4) is 0 Å². The van der Waals surface area contributed by atoms with Gasteiger partial charge < -0.3 is 11.1 Å². The maximum Gasteiger partial charge on any atom is 0.180 e. The lowest BCUT2D eigenvalue weighted by Gasteiger charge is -2.07. The van der Waals surface area contributed by atoms with Gasteiger partial charge in [-0.15, -0.1) is 0 Å². The van der Waals surface area contributed by atoms with Gasteiger partial charge in [-0.3, -0.25) is 4.57 Å². The molecule has 0 radical (unpaired) electrons. The van der Waals surface area contributed by atoms with Crippen molar-refractivity contribution in [2.24, 2.45) is 0 Å². The van der Waals surface area contributed by atoms with Gasteiger partial charge >= 0.3 is 0 Å². The highest BCUT2D eigenvalue weighted by Gasteiger charge is 2.10. The van der Waals surface area contributed by atoms with Gasteiger partial charge in [0.25, 0.3) is 0 Å². The average molecular weight is 250 g/mol. The Morgan fingerprint density at radius 2 is 2.29 bits per heavy atom. The number of fused-ring (bicyclic) bond motifs is 1. The molecule has 0 fully saturated rings. The second-order valence-corrected chi connectivity index (χ2v) is 4.02. The first kappa shape index (κ1) is 11.7. The molecular weight excluding hydrogens is 236 g/mol. The van der Waals surface area contributed by atoms with Gasteiger partial charge in [0.05, 0.1) is 0 Å². The smallest absolute Gasteiger partial charge is 0.180 e. The number of nitrogens with zero attached hydrogens (tertiary/aromatic N) is 4. The molecule has 2 aromatic heterocycles. The van der Waals surface area contributed by atoms with E-state index in [1.807, 2.05) is 0 Å². The molecule has 0 aromatic carbocycles. The fraction of sp³-hybridized carbons (Fsp3) is 0.400. The highest BCUT2D eigenvalue weighted by Crippen LogP contribution is 2.13. The van der Waals surface area contributed by atoms with Crippen molar-refractivity contribution in [1.82, 2.24) is 24.8 Å². The van der Waals surface area contributed by atoms with Gasteiger partial charge in [0.1, 0.15) is 12.7 Å². The van der Waals surface area contributed by atoms with Crippen LogP contribution in [-0.2, 0) is 0 Å². The predicted molar refractivity (Wildman–Crippen MR) is 70.6 cm³/mol. The third kappa shape index (κ3) is 2.33. The van der Waals surface area contributed by atoms with Crippen molar-refractivity contribution >= 4 is 34.3 Å². The standard InChI is InChI=1S/C10H14N6S/c1-2-3-4-12-10(17)16-6-15-7-8(11)13-5-14-9(7)16/h5-6H,2-4H2,1H3,(H,12,17)(H2,11,13,14). The molecule has 2 rings (SSSR count). The summed E-state index contributed by atoms with van der Waals surface area (Å²) in [7, 11) is 0. The summed E-state index contributed by atoms with van der Waals surface area (Å²) in [6, 6.07) is 0. The number of unbranched alkanes of at least 4 members (excludes halogenated alkanes) is 1. The number of nitrogens with two attached hydrogens (primary N) is 1. The number of nitrogen functional groups attached to an aromatic ring is 1. The summed E-state index contributed by atoms with van der Waals surface area (Å²) >= 11 is 5.27. The number of imidazole rings is 1. The Hall–Kier alpha value is -1.76. The van der Waals surface area contributed by atoms with E-state index in [2.05, 4.69) is 27.2 Å². The highest BCUT2D eigenvalue weighted by atomic mass is 32.1. The molecule has 17 heavy (non-hydrogen) atoms. The summed E-state index contributed by atoms with van der Waals surface area (Å²) in [6.07, 6.45) is 5.21. The van der Waals surface area contributed by atoms with Crippen molar-refractivity contribution in [2.75, 3.05) is 12.3 Å². The first-order chi connectivity index (χ1) is 8.24. The van der Waals surface area contributed by atoms with Crippen LogP contribution in [0.5, 0.6) is 0 Å². The van der Waals surface area contributed by atoms with Gasteiger partial charge in [-0.25, -0.2) is 15.0 Å². The predicted octanol–water partition coefficient (Wildman–Crippen LogP) is 0.931. The van der Waals surface area contributed by atoms with Crippen molar-refractivity contribution in [3.63, 3.8) is 0 Å². The molecule has 2 aromatic rings. The van der Waals surface area contributed by atoms with Gasteiger partial charge in [-0.2, -0.15) is 0 Å². The van der Waals surface area contributed by atoms with Crippen LogP contribution in [0.25, 0.3) is 11.2 Å². The third-order valence-electron chi connectivity index (χ3n) is 2.39. The van der Waals surface area contributed by atoms with Gasteiger partial charge in [-0.1, -0.05) is 13.3 Å². The molecule has 6 nitrogen and oxygen atoms in total. The van der Waals surface area contributed by atoms with Crippen LogP contribution in [0, 0.1) is 0 Å². The fourth-order valence-electron chi connectivity index (χ4n) is 1.46. The molecule has 0 aliphatic carbocycles. The number of anilines is 1. The summed E-state index contributed by atoms with van der Waals surface area (Å²) in [5.41, 5.74) is 6.91. The molecule has 0 atom stereocenters. The number of hydrogen-bond acceptors (Lipinski definition) is 5. The summed E-state index contributed by atoms with van der Waals surface area (Å²) in [6.45, 7) is 2.97. The maximum atomic E-state index is 5.70. The zero-order valence-corrected chi connectivity index (χ0v) is 10.4. The van der Waals surface area contributed by atoms with E-state index in [9.17, 15) is 0 Å². The maximum absolute atomic E-state index is 5.70. The first-order valence-corrected chi connectivity index (χ1v) is 5.86. The normalized spacial score (nSPS) is 10.6. The van der Waals surface area contributed by atoms with E-state index in [0.29, 0.717) is 22.1 Å². The molecule has 0 saturated heterocycles. The molecule has 0 aliphatic heterocycles. The molecule has 0 aliphatic rings. The Balaban J connectivity index is 2.24. The summed E-state index contributed by atoms with van der Waals surface area (Å²) < 4.78 is 1.71. The molecule has 0 spiro atoms. The van der Waals surface area contributed by atoms with Crippen LogP contribution in [-0.4, -0.2) is 31.2 Å². The monoisotopic (exact) mass is 250 g/mol. The minimum atomic E-state index is 0.366. The van der Waals surface area contributed by atoms with Crippen LogP contribution < -0.4 is 11.1 Å². The largest absolute Gasteiger partial charge is 0.382 e. The average Bonchev–Trinajstić information content (AvgIpc) is 2.74. The Morgan fingerprint density at radius 1 is 1.47 bits per heavy atom. The van der Waals surface area contributed by atoms with Crippen molar-refractivity contribution in [3.05, 3.63) is 12.7 Å². The minimum absolute atomic E-state index is 0.366. The summed E-state index contributed by atoms with van der Waals surface area (Å²) in [5.74, 6) is 0.366. The number of thiocarbonyl (C=S) groups is 1. The fourth-order valence-corrected chi connectivity index (χ4v) is 1.69. The summed E-state index contributed by atoms with van der Waals surface area (Å²) in [4.78, 5) is 12.2. The van der Waals surface area contributed by atoms with Crippen LogP contribution in [0.2, 0.25) is 0 Å². The lowest BCUT2D eigenvalue weighted by molar-refractivity contribution is 0.749. The lowest BCUT2D eigenvalue weighted by Crippen LogP contribution is -2.28. The van der Waals surface area contributed by atoms with Crippen molar-refractivity contribution in [2.45, 2.75) is 19.8 Å². The highest BCUT2D eigenvalue weighted by molar-refractivity contribution is 7.80. The van der Waals surface area contributed by atoms with Gasteiger partial charge in [0.15, 0.2) is 22.1 Å². The van der Waals surface area contributed by atoms with Crippen LogP contribution in [0.4, 0.5) is 5.82 Å². The van der Waals surface area contributed by atoms with Gasteiger partial charge in [0.2, 0.25) is 0 Å².